The fourth-order valence-corrected chi connectivity index (χ4v) is 1.43. The predicted octanol–water partition coefficient (Wildman–Crippen LogP) is -1.52. The van der Waals surface area contributed by atoms with Crippen molar-refractivity contribution in [1.82, 2.24) is 0 Å². The maximum atomic E-state index is 10.3. The normalized spacial score (nSPS) is 26.9. The summed E-state index contributed by atoms with van der Waals surface area (Å²) >= 11 is 0. The van der Waals surface area contributed by atoms with Gasteiger partial charge >= 0.3 is 10.4 Å². The molecule has 7 heteroatoms. The highest BCUT2D eigenvalue weighted by atomic mass is 32.3. The molecule has 0 unspecified atom stereocenters. The third-order valence-electron chi connectivity index (χ3n) is 0.970. The minimum Gasteiger partial charge on any atom is -0.365 e. The van der Waals surface area contributed by atoms with Crippen LogP contribution in [0.3, 0.4) is 0 Å². The Bertz CT molecular complexity index is 255. The molecule has 1 rings (SSSR count). The lowest BCUT2D eigenvalue weighted by Gasteiger charge is -2.32. The van der Waals surface area contributed by atoms with E-state index in [9.17, 15) is 13.2 Å². The van der Waals surface area contributed by atoms with Crippen LogP contribution >= 0.6 is 0 Å². The van der Waals surface area contributed by atoms with Crippen molar-refractivity contribution < 1.29 is 21.6 Å². The Morgan fingerprint density at radius 1 is 1.50 bits per heavy atom. The zero-order valence-corrected chi connectivity index (χ0v) is 5.84. The monoisotopic (exact) mass is 167 g/mol. The highest BCUT2D eigenvalue weighted by molar-refractivity contribution is 7.83. The molecule has 0 bridgehead atoms. The highest BCUT2D eigenvalue weighted by Crippen LogP contribution is 2.29. The molecule has 0 saturated carbocycles. The van der Waals surface area contributed by atoms with E-state index in [2.05, 4.69) is 8.37 Å². The van der Waals surface area contributed by atoms with Crippen molar-refractivity contribution >= 4 is 16.3 Å². The van der Waals surface area contributed by atoms with E-state index in [0.29, 0.717) is 0 Å². The molecule has 0 atom stereocenters. The van der Waals surface area contributed by atoms with Crippen LogP contribution < -0.4 is 5.73 Å². The summed E-state index contributed by atoms with van der Waals surface area (Å²) in [7, 11) is -3.93. The molecule has 1 heterocycles. The zero-order valence-electron chi connectivity index (χ0n) is 5.03. The topological polar surface area (TPSA) is 95.7 Å². The fraction of sp³-hybridized carbons (Fsp3) is 0.667. The second-order valence-corrected chi connectivity index (χ2v) is 3.03. The minimum absolute atomic E-state index is 0.970. The molecule has 1 fully saturated rings. The van der Waals surface area contributed by atoms with E-state index in [1.165, 1.54) is 0 Å². The van der Waals surface area contributed by atoms with Gasteiger partial charge in [-0.05, 0) is 0 Å². The van der Waals surface area contributed by atoms with Crippen LogP contribution in [0.15, 0.2) is 0 Å². The van der Waals surface area contributed by atoms with Gasteiger partial charge < -0.3 is 5.73 Å². The van der Waals surface area contributed by atoms with E-state index in [1.807, 2.05) is 0 Å². The SMILES string of the molecule is CC1(C(N)=O)OS(=O)(=O)O1. The van der Waals surface area contributed by atoms with E-state index in [4.69, 9.17) is 5.73 Å². The molecule has 1 aliphatic heterocycles. The van der Waals surface area contributed by atoms with E-state index >= 15 is 0 Å². The molecule has 1 saturated heterocycles. The van der Waals surface area contributed by atoms with Crippen LogP contribution in [0.25, 0.3) is 0 Å². The summed E-state index contributed by atoms with van der Waals surface area (Å²) in [6, 6.07) is 0. The Labute approximate surface area is 57.2 Å². The lowest BCUT2D eigenvalue weighted by Crippen LogP contribution is -2.56. The average Bonchev–Trinajstić information content (AvgIpc) is 1.59. The second-order valence-electron chi connectivity index (χ2n) is 1.88. The number of nitrogens with two attached hydrogens (primary N) is 1. The van der Waals surface area contributed by atoms with Gasteiger partial charge in [-0.3, -0.25) is 4.79 Å². The number of rotatable bonds is 1. The van der Waals surface area contributed by atoms with Gasteiger partial charge in [-0.25, -0.2) is 8.37 Å². The molecule has 0 aromatic heterocycles. The maximum Gasteiger partial charge on any atom is 0.406 e. The predicted molar refractivity (Wildman–Crippen MR) is 28.7 cm³/mol. The van der Waals surface area contributed by atoms with E-state index in [1.54, 1.807) is 0 Å². The van der Waals surface area contributed by atoms with Gasteiger partial charge in [0.1, 0.15) is 0 Å². The standard InChI is InChI=1S/C3H5NO5S/c1-3(2(4)5)8-10(6,7)9-3/h1H3,(H2,4,5). The summed E-state index contributed by atoms with van der Waals surface area (Å²) in [5.74, 6) is -2.76. The molecule has 0 radical (unpaired) electrons. The van der Waals surface area contributed by atoms with Crippen molar-refractivity contribution in [3.8, 4) is 0 Å². The van der Waals surface area contributed by atoms with E-state index in [0.717, 1.165) is 6.92 Å². The highest BCUT2D eigenvalue weighted by Gasteiger charge is 2.53. The first-order chi connectivity index (χ1) is 4.36. The number of hydrogen-bond donors (Lipinski definition) is 1. The molecule has 1 aliphatic rings. The Hall–Kier alpha value is -0.660. The van der Waals surface area contributed by atoms with Crippen molar-refractivity contribution in [3.05, 3.63) is 0 Å². The van der Waals surface area contributed by atoms with Gasteiger partial charge in [-0.1, -0.05) is 0 Å². The third-order valence-corrected chi connectivity index (χ3v) is 2.01. The van der Waals surface area contributed by atoms with Gasteiger partial charge in [-0.2, -0.15) is 8.42 Å². The van der Waals surface area contributed by atoms with E-state index in [-0.39, 0.29) is 0 Å². The van der Waals surface area contributed by atoms with E-state index < -0.39 is 22.1 Å². The molecule has 10 heavy (non-hydrogen) atoms. The second kappa shape index (κ2) is 1.68. The molecule has 58 valence electrons. The van der Waals surface area contributed by atoms with Gasteiger partial charge in [0.25, 0.3) is 11.7 Å². The molecule has 0 aromatic carbocycles. The van der Waals surface area contributed by atoms with Crippen LogP contribution in [0, 0.1) is 0 Å². The molecule has 2 N–H and O–H groups in total. The smallest absolute Gasteiger partial charge is 0.365 e. The molecule has 0 aliphatic carbocycles. The van der Waals surface area contributed by atoms with Gasteiger partial charge in [-0.15, -0.1) is 0 Å². The van der Waals surface area contributed by atoms with Crippen molar-refractivity contribution in [3.63, 3.8) is 0 Å². The van der Waals surface area contributed by atoms with Gasteiger partial charge in [0.2, 0.25) is 0 Å². The van der Waals surface area contributed by atoms with Crippen LogP contribution in [-0.4, -0.2) is 20.1 Å². The van der Waals surface area contributed by atoms with Gasteiger partial charge in [0, 0.05) is 6.92 Å². The van der Waals surface area contributed by atoms with Crippen molar-refractivity contribution in [2.75, 3.05) is 0 Å². The average molecular weight is 167 g/mol. The molecule has 0 aromatic rings. The lowest BCUT2D eigenvalue weighted by atomic mass is 10.3. The van der Waals surface area contributed by atoms with Gasteiger partial charge in [0.05, 0.1) is 0 Å². The Balaban J connectivity index is 2.76. The van der Waals surface area contributed by atoms with Gasteiger partial charge in [0.15, 0.2) is 0 Å². The number of primary amides is 1. The van der Waals surface area contributed by atoms with Crippen LogP contribution in [0.4, 0.5) is 0 Å². The van der Waals surface area contributed by atoms with Crippen molar-refractivity contribution in [1.29, 1.82) is 0 Å². The Morgan fingerprint density at radius 2 is 1.90 bits per heavy atom. The summed E-state index contributed by atoms with van der Waals surface area (Å²) in [6.07, 6.45) is 0. The number of carbonyl (C=O) groups is 1. The first-order valence-corrected chi connectivity index (χ1v) is 3.65. The molecule has 0 spiro atoms. The summed E-state index contributed by atoms with van der Waals surface area (Å²) in [6.45, 7) is 1.12. The molecular formula is C3H5NO5S. The maximum absolute atomic E-state index is 10.3. The zero-order chi connectivity index (χ0) is 7.99. The summed E-state index contributed by atoms with van der Waals surface area (Å²) in [5.41, 5.74) is 4.70. The number of carbonyl (C=O) groups excluding carboxylic acids is 1. The summed E-state index contributed by atoms with van der Waals surface area (Å²) in [5, 5.41) is 0. The Morgan fingerprint density at radius 3 is 2.00 bits per heavy atom. The quantitative estimate of drug-likeness (QED) is 0.511. The number of hydrogen-bond acceptors (Lipinski definition) is 5. The molecule has 1 amide bonds. The summed E-state index contributed by atoms with van der Waals surface area (Å²) < 4.78 is 28.4. The Kier molecular flexibility index (Phi) is 1.25. The number of amides is 1. The molecular weight excluding hydrogens is 162 g/mol. The third kappa shape index (κ3) is 0.981. The van der Waals surface area contributed by atoms with Crippen molar-refractivity contribution in [2.45, 2.75) is 12.7 Å². The first-order valence-electron chi connectivity index (χ1n) is 2.32. The minimum atomic E-state index is -3.93. The van der Waals surface area contributed by atoms with Crippen LogP contribution in [0.5, 0.6) is 0 Å². The van der Waals surface area contributed by atoms with Crippen LogP contribution in [0.1, 0.15) is 6.92 Å². The summed E-state index contributed by atoms with van der Waals surface area (Å²) in [4.78, 5) is 10.3. The van der Waals surface area contributed by atoms with Crippen molar-refractivity contribution in [2.24, 2.45) is 5.73 Å². The fourth-order valence-electron chi connectivity index (χ4n) is 0.478. The first kappa shape index (κ1) is 7.45. The molecule has 6 nitrogen and oxygen atoms in total. The van der Waals surface area contributed by atoms with Crippen LogP contribution in [0.2, 0.25) is 0 Å². The van der Waals surface area contributed by atoms with Crippen LogP contribution in [-0.2, 0) is 23.6 Å². The lowest BCUT2D eigenvalue weighted by molar-refractivity contribution is -0.187. The largest absolute Gasteiger partial charge is 0.406 e.